The molecule has 4 aromatic rings. The number of hydrogen-bond donors (Lipinski definition) is 0. The van der Waals surface area contributed by atoms with E-state index in [4.69, 9.17) is 0 Å². The van der Waals surface area contributed by atoms with Gasteiger partial charge in [0.25, 0.3) is 0 Å². The molecule has 4 aromatic carbocycles. The van der Waals surface area contributed by atoms with Crippen LogP contribution in [0.5, 0.6) is 0 Å². The number of hydrogen-bond acceptors (Lipinski definition) is 0. The van der Waals surface area contributed by atoms with Gasteiger partial charge in [0.05, 0.1) is 0 Å². The van der Waals surface area contributed by atoms with Crippen molar-refractivity contribution < 1.29 is 21.4 Å². The van der Waals surface area contributed by atoms with E-state index in [0.717, 1.165) is 3.67 Å². The molecule has 0 bridgehead atoms. The van der Waals surface area contributed by atoms with Crippen molar-refractivity contribution in [2.45, 2.75) is 23.9 Å². The molecule has 4 aliphatic rings. The van der Waals surface area contributed by atoms with Crippen LogP contribution in [0.2, 0.25) is 8.35 Å². The summed E-state index contributed by atoms with van der Waals surface area (Å²) < 4.78 is 3.87. The van der Waals surface area contributed by atoms with E-state index in [0.29, 0.717) is 11.8 Å². The van der Waals surface area contributed by atoms with Crippen LogP contribution in [0.15, 0.2) is 97.1 Å². The molecular formula is C33H25Hf. The summed E-state index contributed by atoms with van der Waals surface area (Å²) in [6.07, 6.45) is 9.62. The zero-order valence-electron chi connectivity index (χ0n) is 19.0. The van der Waals surface area contributed by atoms with Crippen LogP contribution in [0.25, 0.3) is 23.3 Å². The minimum atomic E-state index is -1.59. The molecule has 0 nitrogen and oxygen atoms in total. The Morgan fingerprint density at radius 3 is 1.85 bits per heavy atom. The van der Waals surface area contributed by atoms with Crippen LogP contribution < -0.4 is 0 Å². The van der Waals surface area contributed by atoms with Crippen LogP contribution in [-0.2, 0) is 21.4 Å². The third-order valence-corrected chi connectivity index (χ3v) is 17.3. The first-order chi connectivity index (χ1) is 16.9. The molecule has 1 fully saturated rings. The van der Waals surface area contributed by atoms with Gasteiger partial charge in [0.2, 0.25) is 0 Å². The molecule has 34 heavy (non-hydrogen) atoms. The average molecular weight is 600 g/mol. The Morgan fingerprint density at radius 1 is 0.500 bits per heavy atom. The number of rotatable bonds is 3. The Hall–Kier alpha value is -2.77. The monoisotopic (exact) mass is 601 g/mol. The van der Waals surface area contributed by atoms with Gasteiger partial charge in [-0.15, -0.1) is 0 Å². The first kappa shape index (κ1) is 19.5. The maximum atomic E-state index is 2.48. The van der Waals surface area contributed by atoms with E-state index in [1.165, 1.54) is 38.9 Å². The molecule has 3 unspecified atom stereocenters. The van der Waals surface area contributed by atoms with E-state index < -0.39 is 21.4 Å². The van der Waals surface area contributed by atoms with E-state index in [9.17, 15) is 0 Å². The van der Waals surface area contributed by atoms with Gasteiger partial charge in [0, 0.05) is 0 Å². The van der Waals surface area contributed by atoms with Gasteiger partial charge in [-0.25, -0.2) is 0 Å². The van der Waals surface area contributed by atoms with Crippen LogP contribution >= 0.6 is 0 Å². The minimum absolute atomic E-state index is 0.344. The van der Waals surface area contributed by atoms with Gasteiger partial charge >= 0.3 is 210 Å². The molecule has 1 heterocycles. The molecule has 0 saturated carbocycles. The van der Waals surface area contributed by atoms with Crippen LogP contribution in [0.3, 0.4) is 0 Å². The third kappa shape index (κ3) is 2.74. The van der Waals surface area contributed by atoms with Gasteiger partial charge in [0.15, 0.2) is 0 Å². The van der Waals surface area contributed by atoms with Gasteiger partial charge in [-0.05, 0) is 0 Å². The summed E-state index contributed by atoms with van der Waals surface area (Å²) in [6.45, 7) is 0. The Morgan fingerprint density at radius 2 is 1.12 bits per heavy atom. The Bertz CT molecular complexity index is 1530. The quantitative estimate of drug-likeness (QED) is 0.207. The van der Waals surface area contributed by atoms with E-state index in [2.05, 4.69) is 109 Å². The molecular weight excluding hydrogens is 575 g/mol. The van der Waals surface area contributed by atoms with E-state index >= 15 is 0 Å². The van der Waals surface area contributed by atoms with Crippen LogP contribution in [0, 0.1) is 0 Å². The van der Waals surface area contributed by atoms with Crippen molar-refractivity contribution in [3.63, 3.8) is 0 Å². The molecule has 0 spiro atoms. The second-order valence-corrected chi connectivity index (χ2v) is 20.5. The Balaban J connectivity index is 1.42. The Kier molecular flexibility index (Phi) is 4.23. The van der Waals surface area contributed by atoms with Gasteiger partial charge < -0.3 is 0 Å². The first-order valence-corrected chi connectivity index (χ1v) is 19.7. The van der Waals surface area contributed by atoms with Gasteiger partial charge in [-0.1, -0.05) is 0 Å². The van der Waals surface area contributed by atoms with E-state index in [1.54, 1.807) is 25.0 Å². The molecule has 0 amide bonds. The molecule has 161 valence electrons. The predicted molar refractivity (Wildman–Crippen MR) is 138 cm³/mol. The SMILES string of the molecule is C1=CC(c2ccc3c(c2C2C=Cc4ccccc42)[CH]([Hf]2[CH2][CH2]2)c2ccccc2-3)c2ccccc21. The average Bonchev–Trinajstić information content (AvgIpc) is 3.35. The molecule has 3 atom stereocenters. The fourth-order valence-corrected chi connectivity index (χ4v) is 18.7. The molecule has 8 rings (SSSR count). The fourth-order valence-electron chi connectivity index (χ4n) is 6.77. The molecule has 0 N–H and O–H groups in total. The second kappa shape index (κ2) is 7.36. The Labute approximate surface area is 209 Å². The van der Waals surface area contributed by atoms with Crippen LogP contribution in [0.4, 0.5) is 0 Å². The van der Waals surface area contributed by atoms with Crippen LogP contribution in [-0.4, -0.2) is 0 Å². The maximum absolute atomic E-state index is 2.48. The van der Waals surface area contributed by atoms with Gasteiger partial charge in [-0.3, -0.25) is 0 Å². The molecule has 0 radical (unpaired) electrons. The molecule has 1 heteroatoms. The van der Waals surface area contributed by atoms with Crippen molar-refractivity contribution in [3.8, 4) is 11.1 Å². The van der Waals surface area contributed by atoms with E-state index in [-0.39, 0.29) is 0 Å². The normalized spacial score (nSPS) is 22.5. The summed E-state index contributed by atoms with van der Waals surface area (Å²) in [5.74, 6) is 0.696. The number of fused-ring (bicyclic) bond motifs is 5. The summed E-state index contributed by atoms with van der Waals surface area (Å²) in [5, 5.41) is 0. The topological polar surface area (TPSA) is 0 Å². The van der Waals surface area contributed by atoms with Crippen molar-refractivity contribution in [3.05, 3.63) is 142 Å². The summed E-state index contributed by atoms with van der Waals surface area (Å²) in [6, 6.07) is 32.3. The summed E-state index contributed by atoms with van der Waals surface area (Å²) in [7, 11) is 0. The van der Waals surface area contributed by atoms with Crippen molar-refractivity contribution in [1.29, 1.82) is 0 Å². The zero-order valence-corrected chi connectivity index (χ0v) is 22.6. The zero-order chi connectivity index (χ0) is 22.2. The summed E-state index contributed by atoms with van der Waals surface area (Å²) in [5.41, 5.74) is 15.2. The van der Waals surface area contributed by atoms with Crippen molar-refractivity contribution in [2.24, 2.45) is 0 Å². The molecule has 0 aromatic heterocycles. The summed E-state index contributed by atoms with van der Waals surface area (Å²) >= 11 is -1.59. The molecule has 1 saturated heterocycles. The number of benzene rings is 4. The molecule has 3 aliphatic carbocycles. The van der Waals surface area contributed by atoms with Crippen molar-refractivity contribution in [2.75, 3.05) is 0 Å². The van der Waals surface area contributed by atoms with E-state index in [1.807, 2.05) is 0 Å². The van der Waals surface area contributed by atoms with Gasteiger partial charge in [0.1, 0.15) is 0 Å². The van der Waals surface area contributed by atoms with Gasteiger partial charge in [-0.2, -0.15) is 0 Å². The molecule has 1 aliphatic heterocycles. The van der Waals surface area contributed by atoms with Crippen LogP contribution in [0.1, 0.15) is 60.0 Å². The second-order valence-electron chi connectivity index (χ2n) is 10.1. The standard InChI is InChI=1S/C31H21.C2H4.Hf/c1-4-10-23-20(7-1)13-15-26(23)29-18-17-27-25-12-6-3-9-22(25)19-30(27)31(29)28-16-14-21-8-2-5-11-24(21)28;1-2;/h1-19,26,28H;1-2H2;. The predicted octanol–water partition coefficient (Wildman–Crippen LogP) is 8.54. The summed E-state index contributed by atoms with van der Waals surface area (Å²) in [4.78, 5) is 0. The van der Waals surface area contributed by atoms with Crippen molar-refractivity contribution >= 4 is 12.2 Å². The first-order valence-electron chi connectivity index (χ1n) is 12.5. The number of allylic oxidation sites excluding steroid dienone is 2. The van der Waals surface area contributed by atoms with Crippen molar-refractivity contribution in [1.82, 2.24) is 0 Å². The third-order valence-electron chi connectivity index (χ3n) is 8.36. The fraction of sp³-hybridized carbons (Fsp3) is 0.152.